The number of unbranched alkanes of at least 4 members (excludes halogenated alkanes) is 4. The first-order chi connectivity index (χ1) is 10.1. The zero-order valence-electron chi connectivity index (χ0n) is 12.5. The first-order valence-corrected chi connectivity index (χ1v) is 7.66. The van der Waals surface area contributed by atoms with Crippen molar-refractivity contribution in [3.05, 3.63) is 29.3 Å². The molecule has 1 aromatic rings. The summed E-state index contributed by atoms with van der Waals surface area (Å²) in [5, 5.41) is 3.59. The van der Waals surface area contributed by atoms with E-state index in [1.54, 1.807) is 12.1 Å². The highest BCUT2D eigenvalue weighted by molar-refractivity contribution is 6.30. The van der Waals surface area contributed by atoms with Crippen LogP contribution in [0.3, 0.4) is 0 Å². The van der Waals surface area contributed by atoms with E-state index in [0.717, 1.165) is 12.1 Å². The van der Waals surface area contributed by atoms with Gasteiger partial charge in [-0.3, -0.25) is 4.99 Å². The summed E-state index contributed by atoms with van der Waals surface area (Å²) in [7, 11) is 0. The highest BCUT2D eigenvalue weighted by Crippen LogP contribution is 2.12. The van der Waals surface area contributed by atoms with E-state index in [-0.39, 0.29) is 11.9 Å². The molecule has 116 valence electrons. The smallest absolute Gasteiger partial charge is 0.218 e. The van der Waals surface area contributed by atoms with Gasteiger partial charge in [-0.25, -0.2) is 0 Å². The Kier molecular flexibility index (Phi) is 8.28. The molecular formula is C15H24ClN5. The van der Waals surface area contributed by atoms with Crippen molar-refractivity contribution in [1.29, 1.82) is 0 Å². The minimum Gasteiger partial charge on any atom is -0.369 e. The largest absolute Gasteiger partial charge is 0.369 e. The van der Waals surface area contributed by atoms with Crippen LogP contribution in [0.4, 0.5) is 5.69 Å². The lowest BCUT2D eigenvalue weighted by atomic mass is 10.2. The molecule has 1 rings (SSSR count). The van der Waals surface area contributed by atoms with Crippen molar-refractivity contribution in [2.75, 3.05) is 11.9 Å². The number of guanidine groups is 2. The van der Waals surface area contributed by atoms with Gasteiger partial charge in [-0.05, 0) is 30.7 Å². The second-order valence-corrected chi connectivity index (χ2v) is 5.22. The Morgan fingerprint density at radius 2 is 1.76 bits per heavy atom. The molecule has 0 amide bonds. The fraction of sp³-hybridized carbons (Fsp3) is 0.467. The molecule has 21 heavy (non-hydrogen) atoms. The van der Waals surface area contributed by atoms with E-state index in [0.29, 0.717) is 11.6 Å². The lowest BCUT2D eigenvalue weighted by molar-refractivity contribution is 0.638. The molecule has 5 N–H and O–H groups in total. The molecular weight excluding hydrogens is 286 g/mol. The minimum absolute atomic E-state index is 0.199. The van der Waals surface area contributed by atoms with Crippen LogP contribution < -0.4 is 16.8 Å². The van der Waals surface area contributed by atoms with Crippen LogP contribution in [0.15, 0.2) is 34.3 Å². The van der Waals surface area contributed by atoms with Crippen molar-refractivity contribution in [1.82, 2.24) is 0 Å². The fourth-order valence-electron chi connectivity index (χ4n) is 1.78. The number of rotatable bonds is 7. The molecule has 0 saturated heterocycles. The van der Waals surface area contributed by atoms with Crippen LogP contribution in [0.5, 0.6) is 0 Å². The van der Waals surface area contributed by atoms with Gasteiger partial charge < -0.3 is 16.8 Å². The van der Waals surface area contributed by atoms with E-state index in [4.69, 9.17) is 23.1 Å². The third kappa shape index (κ3) is 8.19. The molecule has 0 radical (unpaired) electrons. The summed E-state index contributed by atoms with van der Waals surface area (Å²) in [4.78, 5) is 8.19. The summed E-state index contributed by atoms with van der Waals surface area (Å²) >= 11 is 5.81. The monoisotopic (exact) mass is 309 g/mol. The van der Waals surface area contributed by atoms with Gasteiger partial charge >= 0.3 is 0 Å². The predicted molar refractivity (Wildman–Crippen MR) is 91.9 cm³/mol. The summed E-state index contributed by atoms with van der Waals surface area (Å²) in [6.07, 6.45) is 5.96. The molecule has 0 heterocycles. The summed E-state index contributed by atoms with van der Waals surface area (Å²) in [6, 6.07) is 7.16. The molecule has 0 bridgehead atoms. The number of hydrogen-bond acceptors (Lipinski definition) is 1. The summed E-state index contributed by atoms with van der Waals surface area (Å²) in [5.74, 6) is 0.411. The maximum atomic E-state index is 5.81. The number of nitrogens with zero attached hydrogens (tertiary/aromatic N) is 2. The Labute approximate surface area is 131 Å². The molecule has 0 atom stereocenters. The van der Waals surface area contributed by atoms with Crippen molar-refractivity contribution in [2.24, 2.45) is 21.5 Å². The first kappa shape index (κ1) is 17.3. The molecule has 5 nitrogen and oxygen atoms in total. The zero-order chi connectivity index (χ0) is 15.5. The number of nitrogens with two attached hydrogens (primary N) is 2. The maximum Gasteiger partial charge on any atom is 0.218 e. The van der Waals surface area contributed by atoms with Crippen LogP contribution in [-0.4, -0.2) is 18.5 Å². The van der Waals surface area contributed by atoms with Crippen molar-refractivity contribution >= 4 is 29.2 Å². The van der Waals surface area contributed by atoms with Crippen molar-refractivity contribution in [2.45, 2.75) is 39.0 Å². The van der Waals surface area contributed by atoms with Crippen LogP contribution in [-0.2, 0) is 0 Å². The quantitative estimate of drug-likeness (QED) is 0.410. The lowest BCUT2D eigenvalue weighted by Crippen LogP contribution is -2.26. The Hall–Kier alpha value is -1.75. The molecule has 0 fully saturated rings. The molecule has 1 aromatic carbocycles. The van der Waals surface area contributed by atoms with E-state index in [9.17, 15) is 0 Å². The molecule has 6 heteroatoms. The van der Waals surface area contributed by atoms with E-state index in [1.807, 2.05) is 12.1 Å². The fourth-order valence-corrected chi connectivity index (χ4v) is 1.90. The Morgan fingerprint density at radius 3 is 2.43 bits per heavy atom. The van der Waals surface area contributed by atoms with Gasteiger partial charge in [0.1, 0.15) is 0 Å². The van der Waals surface area contributed by atoms with Gasteiger partial charge in [-0.15, -0.1) is 0 Å². The number of anilines is 1. The number of aliphatic imine (C=N–C) groups is 2. The highest BCUT2D eigenvalue weighted by Gasteiger charge is 1.97. The third-order valence-corrected chi connectivity index (χ3v) is 3.14. The average molecular weight is 310 g/mol. The second-order valence-electron chi connectivity index (χ2n) is 4.78. The molecule has 0 aliphatic carbocycles. The van der Waals surface area contributed by atoms with Crippen molar-refractivity contribution in [3.8, 4) is 0 Å². The topological polar surface area (TPSA) is 88.8 Å². The van der Waals surface area contributed by atoms with Crippen LogP contribution >= 0.6 is 11.6 Å². The Morgan fingerprint density at radius 1 is 1.10 bits per heavy atom. The molecule has 0 aliphatic rings. The molecule has 0 spiro atoms. The van der Waals surface area contributed by atoms with Crippen LogP contribution in [0, 0.1) is 0 Å². The normalized spacial score (nSPS) is 12.5. The Bertz CT molecular complexity index is 467. The number of halogens is 1. The predicted octanol–water partition coefficient (Wildman–Crippen LogP) is 3.35. The number of nitrogens with one attached hydrogen (secondary N) is 1. The molecule has 0 unspecified atom stereocenters. The molecule has 0 aliphatic heterocycles. The van der Waals surface area contributed by atoms with Gasteiger partial charge in [0.15, 0.2) is 0 Å². The van der Waals surface area contributed by atoms with Gasteiger partial charge in [0.05, 0.1) is 0 Å². The number of benzene rings is 1. The SMILES string of the molecule is CCCCCCCN=C(N)/N=C(\N)Nc1ccc(Cl)cc1. The van der Waals surface area contributed by atoms with E-state index < -0.39 is 0 Å². The van der Waals surface area contributed by atoms with Gasteiger partial charge in [0.25, 0.3) is 0 Å². The Balaban J connectivity index is 2.36. The first-order valence-electron chi connectivity index (χ1n) is 7.28. The maximum absolute atomic E-state index is 5.81. The minimum atomic E-state index is 0.199. The highest BCUT2D eigenvalue weighted by atomic mass is 35.5. The standard InChI is InChI=1S/C15H24ClN5/c1-2-3-4-5-6-11-19-14(17)21-15(18)20-13-9-7-12(16)8-10-13/h7-10H,2-6,11H2,1H3,(H5,17,18,19,20,21). The molecule has 0 saturated carbocycles. The van der Waals surface area contributed by atoms with Crippen molar-refractivity contribution < 1.29 is 0 Å². The van der Waals surface area contributed by atoms with Gasteiger partial charge in [-0.2, -0.15) is 4.99 Å². The van der Waals surface area contributed by atoms with Crippen LogP contribution in [0.25, 0.3) is 0 Å². The van der Waals surface area contributed by atoms with Gasteiger partial charge in [0, 0.05) is 17.3 Å². The zero-order valence-corrected chi connectivity index (χ0v) is 13.2. The van der Waals surface area contributed by atoms with E-state index in [1.165, 1.54) is 25.7 Å². The molecule has 0 aromatic heterocycles. The third-order valence-electron chi connectivity index (χ3n) is 2.89. The van der Waals surface area contributed by atoms with Crippen molar-refractivity contribution in [3.63, 3.8) is 0 Å². The van der Waals surface area contributed by atoms with Gasteiger partial charge in [-0.1, -0.05) is 44.2 Å². The summed E-state index contributed by atoms with van der Waals surface area (Å²) < 4.78 is 0. The van der Waals surface area contributed by atoms with Crippen LogP contribution in [0.2, 0.25) is 5.02 Å². The van der Waals surface area contributed by atoms with E-state index >= 15 is 0 Å². The van der Waals surface area contributed by atoms with Crippen LogP contribution in [0.1, 0.15) is 39.0 Å². The summed E-state index contributed by atoms with van der Waals surface area (Å²) in [6.45, 7) is 2.88. The lowest BCUT2D eigenvalue weighted by Gasteiger charge is -2.05. The van der Waals surface area contributed by atoms with E-state index in [2.05, 4.69) is 22.2 Å². The second kappa shape index (κ2) is 10.0. The average Bonchev–Trinajstić information content (AvgIpc) is 2.45. The summed E-state index contributed by atoms with van der Waals surface area (Å²) in [5.41, 5.74) is 12.3. The number of hydrogen-bond donors (Lipinski definition) is 3. The van der Waals surface area contributed by atoms with Gasteiger partial charge in [0.2, 0.25) is 11.9 Å².